The first-order chi connectivity index (χ1) is 72.7. The molecule has 0 spiro atoms. The van der Waals surface area contributed by atoms with Crippen molar-refractivity contribution < 1.29 is 47.6 Å². The van der Waals surface area contributed by atoms with Crippen LogP contribution >= 0.6 is 0 Å². The topological polar surface area (TPSA) is 140 Å². The van der Waals surface area contributed by atoms with Gasteiger partial charge < -0.3 is 52.9 Å². The molecule has 0 saturated carbocycles. The van der Waals surface area contributed by atoms with Crippen molar-refractivity contribution in [1.29, 1.82) is 0 Å². The number of benzene rings is 17. The highest BCUT2D eigenvalue weighted by molar-refractivity contribution is 5.88. The Balaban J connectivity index is 0.000000162. The van der Waals surface area contributed by atoms with E-state index < -0.39 is 11.9 Å². The molecule has 0 aliphatic carbocycles. The normalized spacial score (nSPS) is 10.6. The van der Waals surface area contributed by atoms with Crippen molar-refractivity contribution in [2.45, 2.75) is 102 Å². The second kappa shape index (κ2) is 53.3. The summed E-state index contributed by atoms with van der Waals surface area (Å²) in [4.78, 5) is 56.1. The number of hydrogen-bond donors (Lipinski definition) is 0. The quantitative estimate of drug-likeness (QED) is 0.0158. The van der Waals surface area contributed by atoms with E-state index in [-0.39, 0.29) is 18.5 Å². The van der Waals surface area contributed by atoms with Gasteiger partial charge in [0.2, 0.25) is 0 Å². The van der Waals surface area contributed by atoms with Crippen molar-refractivity contribution in [3.05, 3.63) is 523 Å². The van der Waals surface area contributed by atoms with Gasteiger partial charge in [-0.05, 0) is 332 Å². The second-order valence-corrected chi connectivity index (χ2v) is 37.2. The zero-order valence-corrected chi connectivity index (χ0v) is 87.8. The molecule has 0 radical (unpaired) electrons. The smallest absolute Gasteiger partial charge is 0.330 e. The predicted octanol–water partition coefficient (Wildman–Crippen LogP) is 33.9. The second-order valence-electron chi connectivity index (χ2n) is 37.2. The van der Waals surface area contributed by atoms with Crippen molar-refractivity contribution in [3.63, 3.8) is 0 Å². The van der Waals surface area contributed by atoms with E-state index in [1.165, 1.54) is 96.4 Å². The maximum atomic E-state index is 11.3. The summed E-state index contributed by atoms with van der Waals surface area (Å²) in [5.41, 5.74) is 40.6. The first-order valence-corrected chi connectivity index (χ1v) is 50.6. The van der Waals surface area contributed by atoms with Crippen LogP contribution in [0.5, 0.6) is 11.5 Å². The summed E-state index contributed by atoms with van der Waals surface area (Å²) < 4.78 is 31.7. The van der Waals surface area contributed by atoms with E-state index in [0.717, 1.165) is 136 Å². The third kappa shape index (κ3) is 30.2. The Labute approximate surface area is 885 Å². The maximum Gasteiger partial charge on any atom is 0.330 e. The van der Waals surface area contributed by atoms with Crippen LogP contribution in [0.2, 0.25) is 0 Å². The summed E-state index contributed by atoms with van der Waals surface area (Å²) in [6.45, 7) is 41.1. The molecule has 0 unspecified atom stereocenters. The van der Waals surface area contributed by atoms with Gasteiger partial charge in [0.25, 0.3) is 0 Å². The van der Waals surface area contributed by atoms with Gasteiger partial charge in [-0.15, -0.1) is 0 Å². The van der Waals surface area contributed by atoms with Crippen molar-refractivity contribution in [3.8, 4) is 44.9 Å². The van der Waals surface area contributed by atoms with Gasteiger partial charge in [-0.1, -0.05) is 283 Å². The van der Waals surface area contributed by atoms with Crippen LogP contribution in [-0.2, 0) is 51.0 Å². The molecule has 0 heterocycles. The molecule has 0 atom stereocenters. The number of rotatable bonds is 37. The van der Waals surface area contributed by atoms with E-state index in [9.17, 15) is 19.2 Å². The third-order valence-corrected chi connectivity index (χ3v) is 25.5. The van der Waals surface area contributed by atoms with Gasteiger partial charge in [0.1, 0.15) is 24.7 Å². The molecule has 17 rings (SSSR count). The molecule has 0 aromatic heterocycles. The fraction of sp³-hybridized carbons (Fsp3) is 0.156. The fourth-order valence-corrected chi connectivity index (χ4v) is 17.3. The van der Waals surface area contributed by atoms with Crippen LogP contribution in [0.25, 0.3) is 33.4 Å². The lowest BCUT2D eigenvalue weighted by molar-refractivity contribution is -0.139. The summed E-state index contributed by atoms with van der Waals surface area (Å²) >= 11 is 0. The highest BCUT2D eigenvalue weighted by atomic mass is 16.6. The number of esters is 4. The average Bonchev–Trinajstić information content (AvgIpc) is 0.778. The standard InChI is InChI=1S/C48H48N2O3.C31H29NO3.C31H29NO2.C25H25NO2/c1-8-48(51)53-29-9-28-52-44-23-21-42(22-24-44)49(45-25-10-33(2)30-36(45)5)41-17-13-39(14-18-41)40-15-19-43(20-16-40)50(46-26-11-34(3)31-37(46)6)47-27-12-35(4)32-38(47)7;1-4-31(33)35-22-21-34-30-19-11-26(12-20-30)25-9-17-29(18-10-25)32(27-13-5-23(2)6-14-27)28-15-7-24(3)8-16-28;1-4-31(33)34-22-21-25-9-11-26(12-10-25)27-13-19-30(20-14-27)32(28-15-5-23(2)6-16-28)29-17-7-24(3)8-18-29;1-4-25(27)28-18-17-21-9-15-24(16-10-21)26(22-11-5-19(2)6-12-22)23-13-7-20(3)8-14-23/h8,10-27,30-32H,1,9,28-29H2,2-7H3;4-20H,1,21-22H2,2-3H3;4-20H,1,21-22H2,2-3H3;4-16H,1,17-18H2,2-3H3. The summed E-state index contributed by atoms with van der Waals surface area (Å²) in [5.74, 6) is -0.156. The molecule has 0 bridgehead atoms. The van der Waals surface area contributed by atoms with Gasteiger partial charge in [0.15, 0.2) is 0 Å². The van der Waals surface area contributed by atoms with Crippen LogP contribution < -0.4 is 34.0 Å². The number of nitrogens with zero attached hydrogens (tertiary/aromatic N) is 5. The molecule has 15 heteroatoms. The van der Waals surface area contributed by atoms with E-state index >= 15 is 0 Å². The molecular formula is C135H131N5O10. The summed E-state index contributed by atoms with van der Waals surface area (Å²) in [7, 11) is 0. The van der Waals surface area contributed by atoms with Crippen LogP contribution in [0.15, 0.2) is 445 Å². The Morgan fingerprint density at radius 2 is 0.393 bits per heavy atom. The Morgan fingerprint density at radius 1 is 0.200 bits per heavy atom. The molecule has 0 aliphatic heterocycles. The van der Waals surface area contributed by atoms with E-state index in [1.54, 1.807) is 0 Å². The lowest BCUT2D eigenvalue weighted by Crippen LogP contribution is -2.13. The third-order valence-electron chi connectivity index (χ3n) is 25.5. The molecule has 0 aliphatic rings. The van der Waals surface area contributed by atoms with E-state index in [0.29, 0.717) is 52.3 Å². The minimum atomic E-state index is -0.448. The van der Waals surface area contributed by atoms with Gasteiger partial charge in [0, 0.05) is 129 Å². The number of ether oxygens (including phenoxy) is 6. The van der Waals surface area contributed by atoms with Crippen molar-refractivity contribution >= 4 is 109 Å². The predicted molar refractivity (Wildman–Crippen MR) is 620 cm³/mol. The minimum Gasteiger partial charge on any atom is -0.493 e. The van der Waals surface area contributed by atoms with Gasteiger partial charge in [0.05, 0.1) is 26.4 Å². The van der Waals surface area contributed by atoms with Gasteiger partial charge in [-0.3, -0.25) is 0 Å². The molecule has 0 amide bonds. The first kappa shape index (κ1) is 108. The van der Waals surface area contributed by atoms with Crippen molar-refractivity contribution in [2.75, 3.05) is 64.1 Å². The Hall–Kier alpha value is -17.8. The van der Waals surface area contributed by atoms with Gasteiger partial charge in [-0.2, -0.15) is 0 Å². The lowest BCUT2D eigenvalue weighted by Gasteiger charge is -2.29. The monoisotopic (exact) mass is 1980 g/mol. The number of aryl methyl sites for hydroxylation is 12. The van der Waals surface area contributed by atoms with Gasteiger partial charge >= 0.3 is 23.9 Å². The molecule has 17 aromatic rings. The average molecular weight is 1980 g/mol. The molecule has 15 nitrogen and oxygen atoms in total. The number of hydrogen-bond acceptors (Lipinski definition) is 15. The van der Waals surface area contributed by atoms with Crippen LogP contribution in [0.1, 0.15) is 84.3 Å². The Morgan fingerprint density at radius 3 is 0.667 bits per heavy atom. The van der Waals surface area contributed by atoms with Crippen LogP contribution in [0.3, 0.4) is 0 Å². The highest BCUT2D eigenvalue weighted by Crippen LogP contribution is 2.45. The van der Waals surface area contributed by atoms with Crippen LogP contribution in [-0.4, -0.2) is 63.5 Å². The largest absolute Gasteiger partial charge is 0.493 e. The van der Waals surface area contributed by atoms with E-state index in [2.05, 4.69) is 492 Å². The zero-order chi connectivity index (χ0) is 106. The number of carbonyl (C=O) groups excluding carboxylic acids is 4. The van der Waals surface area contributed by atoms with E-state index in [4.69, 9.17) is 28.4 Å². The SMILES string of the molecule is C=CC(=O)OCCCOc1ccc(N(c2ccc(-c3ccc(N(c4ccc(C)cc4C)c4ccc(C)cc4C)cc3)cc2)c2ccc(C)cc2C)cc1.C=CC(=O)OCCOc1ccc(-c2ccc(N(c3ccc(C)cc3)c3ccc(C)cc3)cc2)cc1.C=CC(=O)OCCc1ccc(-c2ccc(N(c3ccc(C)cc3)c3ccc(C)cc3)cc2)cc1.C=CC(=O)OCCc1ccc(N(c2ccc(C)cc2)c2ccc(C)cc2)cc1. The van der Waals surface area contributed by atoms with Crippen molar-refractivity contribution in [1.82, 2.24) is 0 Å². The fourth-order valence-electron chi connectivity index (χ4n) is 17.3. The Bertz CT molecular complexity index is 7180. The summed E-state index contributed by atoms with van der Waals surface area (Å²) in [5, 5.41) is 0. The Kier molecular flexibility index (Phi) is 38.4. The zero-order valence-electron chi connectivity index (χ0n) is 87.8. The molecule has 150 heavy (non-hydrogen) atoms. The summed E-state index contributed by atoms with van der Waals surface area (Å²) in [6, 6.07) is 139. The molecule has 17 aromatic carbocycles. The molecule has 0 saturated heterocycles. The summed E-state index contributed by atoms with van der Waals surface area (Å²) in [6.07, 6.45) is 6.63. The number of anilines is 15. The van der Waals surface area contributed by atoms with Crippen LogP contribution in [0.4, 0.5) is 85.3 Å². The maximum absolute atomic E-state index is 11.3. The molecular weight excluding hydrogens is 1850 g/mol. The lowest BCUT2D eigenvalue weighted by atomic mass is 10.0. The van der Waals surface area contributed by atoms with Crippen LogP contribution in [0, 0.1) is 83.1 Å². The van der Waals surface area contributed by atoms with Gasteiger partial charge in [-0.25, -0.2) is 19.2 Å². The van der Waals surface area contributed by atoms with E-state index in [1.807, 2.05) is 36.4 Å². The first-order valence-electron chi connectivity index (χ1n) is 50.6. The minimum absolute atomic E-state index is 0.187. The number of carbonyl (C=O) groups is 4. The molecule has 0 N–H and O–H groups in total. The molecule has 0 fully saturated rings. The van der Waals surface area contributed by atoms with Crippen molar-refractivity contribution in [2.24, 2.45) is 0 Å². The molecule has 756 valence electrons. The highest BCUT2D eigenvalue weighted by Gasteiger charge is 2.23.